The summed E-state index contributed by atoms with van der Waals surface area (Å²) in [6.07, 6.45) is 0. The van der Waals surface area contributed by atoms with Crippen molar-refractivity contribution in [1.29, 1.82) is 0 Å². The smallest absolute Gasteiger partial charge is 0.127 e. The van der Waals surface area contributed by atoms with Crippen LogP contribution in [0.25, 0.3) is 22.0 Å². The summed E-state index contributed by atoms with van der Waals surface area (Å²) >= 11 is 1.65. The molecular formula is C19H18N2O2S. The third kappa shape index (κ3) is 2.79. The average molecular weight is 338 g/mol. The Hall–Kier alpha value is -1.95. The van der Waals surface area contributed by atoms with Crippen LogP contribution >= 0.6 is 11.8 Å². The molecule has 1 aliphatic rings. The SMILES string of the molecule is OCC1(CSc2nnc(-c3ccccc3)c3ccccc23)COC1. The van der Waals surface area contributed by atoms with E-state index in [9.17, 15) is 5.11 Å². The molecule has 1 fully saturated rings. The first-order chi connectivity index (χ1) is 11.8. The van der Waals surface area contributed by atoms with E-state index in [-0.39, 0.29) is 12.0 Å². The van der Waals surface area contributed by atoms with Crippen LogP contribution < -0.4 is 0 Å². The number of aliphatic hydroxyl groups excluding tert-OH is 1. The fourth-order valence-electron chi connectivity index (χ4n) is 2.83. The predicted octanol–water partition coefficient (Wildman–Crippen LogP) is 3.40. The molecule has 122 valence electrons. The molecule has 24 heavy (non-hydrogen) atoms. The molecule has 0 aliphatic carbocycles. The molecule has 5 heteroatoms. The maximum atomic E-state index is 9.59. The zero-order valence-electron chi connectivity index (χ0n) is 13.2. The number of fused-ring (bicyclic) bond motifs is 1. The minimum atomic E-state index is -0.133. The lowest BCUT2D eigenvalue weighted by atomic mass is 9.90. The van der Waals surface area contributed by atoms with Gasteiger partial charge in [-0.3, -0.25) is 0 Å². The molecule has 0 atom stereocenters. The molecule has 0 bridgehead atoms. The Morgan fingerprint density at radius 3 is 2.33 bits per heavy atom. The van der Waals surface area contributed by atoms with E-state index in [0.717, 1.165) is 32.8 Å². The lowest BCUT2D eigenvalue weighted by Gasteiger charge is -2.39. The third-order valence-corrected chi connectivity index (χ3v) is 5.70. The van der Waals surface area contributed by atoms with Crippen LogP contribution in [0, 0.1) is 5.41 Å². The quantitative estimate of drug-likeness (QED) is 0.723. The summed E-state index contributed by atoms with van der Waals surface area (Å²) in [4.78, 5) is 0. The van der Waals surface area contributed by atoms with Crippen molar-refractivity contribution in [2.75, 3.05) is 25.6 Å². The molecule has 1 aliphatic heterocycles. The van der Waals surface area contributed by atoms with Gasteiger partial charge in [-0.25, -0.2) is 0 Å². The van der Waals surface area contributed by atoms with E-state index in [2.05, 4.69) is 34.5 Å². The van der Waals surface area contributed by atoms with Crippen LogP contribution in [-0.4, -0.2) is 40.9 Å². The molecule has 0 amide bonds. The molecule has 4 rings (SSSR count). The van der Waals surface area contributed by atoms with Gasteiger partial charge in [0.15, 0.2) is 0 Å². The van der Waals surface area contributed by atoms with E-state index in [0.29, 0.717) is 13.2 Å². The molecule has 1 N–H and O–H groups in total. The van der Waals surface area contributed by atoms with Crippen molar-refractivity contribution in [1.82, 2.24) is 10.2 Å². The zero-order chi connectivity index (χ0) is 16.4. The van der Waals surface area contributed by atoms with Gasteiger partial charge in [-0.2, -0.15) is 0 Å². The number of aromatic nitrogens is 2. The molecule has 3 aromatic rings. The second-order valence-electron chi connectivity index (χ2n) is 6.20. The predicted molar refractivity (Wildman–Crippen MR) is 96.0 cm³/mol. The number of nitrogens with zero attached hydrogens (tertiary/aromatic N) is 2. The molecule has 0 unspecified atom stereocenters. The number of aliphatic hydroxyl groups is 1. The second-order valence-corrected chi connectivity index (χ2v) is 7.17. The van der Waals surface area contributed by atoms with Crippen molar-refractivity contribution >= 4 is 22.5 Å². The monoisotopic (exact) mass is 338 g/mol. The Balaban J connectivity index is 1.71. The van der Waals surface area contributed by atoms with Gasteiger partial charge in [-0.05, 0) is 0 Å². The highest BCUT2D eigenvalue weighted by Gasteiger charge is 2.38. The third-order valence-electron chi connectivity index (χ3n) is 4.37. The van der Waals surface area contributed by atoms with Gasteiger partial charge in [0.1, 0.15) is 10.7 Å². The van der Waals surface area contributed by atoms with Gasteiger partial charge in [-0.1, -0.05) is 54.6 Å². The topological polar surface area (TPSA) is 55.2 Å². The largest absolute Gasteiger partial charge is 0.396 e. The van der Waals surface area contributed by atoms with Crippen LogP contribution in [0.1, 0.15) is 0 Å². The first kappa shape index (κ1) is 15.6. The minimum absolute atomic E-state index is 0.133. The number of hydrogen-bond acceptors (Lipinski definition) is 5. The molecule has 1 saturated heterocycles. The van der Waals surface area contributed by atoms with Crippen LogP contribution in [0.4, 0.5) is 0 Å². The number of benzene rings is 2. The standard InChI is InChI=1S/C19H18N2O2S/c22-10-19(11-23-12-19)13-24-18-16-9-5-4-8-15(16)17(20-21-18)14-6-2-1-3-7-14/h1-9,22H,10-13H2. The minimum Gasteiger partial charge on any atom is -0.396 e. The Morgan fingerprint density at radius 2 is 1.67 bits per heavy atom. The van der Waals surface area contributed by atoms with E-state index in [1.54, 1.807) is 11.8 Å². The Morgan fingerprint density at radius 1 is 0.958 bits per heavy atom. The van der Waals surface area contributed by atoms with Crippen LogP contribution in [0.5, 0.6) is 0 Å². The summed E-state index contributed by atoms with van der Waals surface area (Å²) in [5.74, 6) is 0.785. The van der Waals surface area contributed by atoms with E-state index in [4.69, 9.17) is 4.74 Å². The number of rotatable bonds is 5. The van der Waals surface area contributed by atoms with Crippen LogP contribution in [-0.2, 0) is 4.74 Å². The highest BCUT2D eigenvalue weighted by Crippen LogP contribution is 2.37. The van der Waals surface area contributed by atoms with Crippen molar-refractivity contribution in [2.45, 2.75) is 5.03 Å². The molecular weight excluding hydrogens is 320 g/mol. The van der Waals surface area contributed by atoms with Crippen molar-refractivity contribution in [2.24, 2.45) is 5.41 Å². The van der Waals surface area contributed by atoms with E-state index in [1.165, 1.54) is 0 Å². The van der Waals surface area contributed by atoms with Crippen molar-refractivity contribution in [3.63, 3.8) is 0 Å². The van der Waals surface area contributed by atoms with Crippen LogP contribution in [0.3, 0.4) is 0 Å². The molecule has 2 aromatic carbocycles. The van der Waals surface area contributed by atoms with Gasteiger partial charge in [0.2, 0.25) is 0 Å². The maximum absolute atomic E-state index is 9.59. The lowest BCUT2D eigenvalue weighted by Crippen LogP contribution is -2.47. The summed E-state index contributed by atoms with van der Waals surface area (Å²) in [6, 6.07) is 18.3. The van der Waals surface area contributed by atoms with E-state index in [1.807, 2.05) is 30.3 Å². The number of thioether (sulfide) groups is 1. The molecule has 4 nitrogen and oxygen atoms in total. The zero-order valence-corrected chi connectivity index (χ0v) is 14.0. The van der Waals surface area contributed by atoms with Gasteiger partial charge in [0.05, 0.1) is 19.8 Å². The van der Waals surface area contributed by atoms with Crippen LogP contribution in [0.2, 0.25) is 0 Å². The fraction of sp³-hybridized carbons (Fsp3) is 0.263. The Bertz CT molecular complexity index is 845. The van der Waals surface area contributed by atoms with Gasteiger partial charge < -0.3 is 9.84 Å². The highest BCUT2D eigenvalue weighted by molar-refractivity contribution is 7.99. The average Bonchev–Trinajstić information content (AvgIpc) is 2.62. The highest BCUT2D eigenvalue weighted by atomic mass is 32.2. The van der Waals surface area contributed by atoms with E-state index < -0.39 is 0 Å². The molecule has 1 aromatic heterocycles. The van der Waals surface area contributed by atoms with Gasteiger partial charge in [0.25, 0.3) is 0 Å². The summed E-state index contributed by atoms with van der Waals surface area (Å²) < 4.78 is 5.27. The second kappa shape index (κ2) is 6.51. The van der Waals surface area contributed by atoms with Crippen molar-refractivity contribution in [3.8, 4) is 11.3 Å². The molecule has 0 spiro atoms. The van der Waals surface area contributed by atoms with Gasteiger partial charge >= 0.3 is 0 Å². The summed E-state index contributed by atoms with van der Waals surface area (Å²) in [5.41, 5.74) is 1.84. The lowest BCUT2D eigenvalue weighted by molar-refractivity contribution is -0.121. The Labute approximate surface area is 144 Å². The van der Waals surface area contributed by atoms with Crippen LogP contribution in [0.15, 0.2) is 59.6 Å². The molecule has 0 radical (unpaired) electrons. The van der Waals surface area contributed by atoms with Gasteiger partial charge in [0, 0.05) is 27.5 Å². The van der Waals surface area contributed by atoms with Gasteiger partial charge in [-0.15, -0.1) is 22.0 Å². The first-order valence-corrected chi connectivity index (χ1v) is 8.92. The summed E-state index contributed by atoms with van der Waals surface area (Å²) in [5, 5.41) is 21.7. The fourth-order valence-corrected chi connectivity index (χ4v) is 3.96. The number of hydrogen-bond donors (Lipinski definition) is 1. The summed E-state index contributed by atoms with van der Waals surface area (Å²) in [6.45, 7) is 1.38. The summed E-state index contributed by atoms with van der Waals surface area (Å²) in [7, 11) is 0. The molecule has 2 heterocycles. The maximum Gasteiger partial charge on any atom is 0.127 e. The number of ether oxygens (including phenoxy) is 1. The first-order valence-electron chi connectivity index (χ1n) is 7.94. The molecule has 0 saturated carbocycles. The van der Waals surface area contributed by atoms with Crippen molar-refractivity contribution in [3.05, 3.63) is 54.6 Å². The Kier molecular flexibility index (Phi) is 4.22. The van der Waals surface area contributed by atoms with E-state index >= 15 is 0 Å². The normalized spacial score (nSPS) is 16.0. The van der Waals surface area contributed by atoms with Crippen molar-refractivity contribution < 1.29 is 9.84 Å².